The van der Waals surface area contributed by atoms with Crippen LogP contribution in [0, 0.1) is 6.92 Å². The molecule has 138 heavy (non-hydrogen) atoms. The van der Waals surface area contributed by atoms with Crippen LogP contribution in [0.3, 0.4) is 0 Å². The van der Waals surface area contributed by atoms with Crippen LogP contribution in [0.1, 0.15) is 253 Å². The lowest BCUT2D eigenvalue weighted by atomic mass is 9.90. The van der Waals surface area contributed by atoms with E-state index in [-0.39, 0.29) is 104 Å². The van der Waals surface area contributed by atoms with Gasteiger partial charge in [-0.05, 0) is 252 Å². The summed E-state index contributed by atoms with van der Waals surface area (Å²) in [5.41, 5.74) is 15.5. The van der Waals surface area contributed by atoms with E-state index in [1.165, 1.54) is 38.8 Å². The summed E-state index contributed by atoms with van der Waals surface area (Å²) in [6.07, 6.45) is 1.02. The van der Waals surface area contributed by atoms with Crippen molar-refractivity contribution in [1.82, 2.24) is 0 Å². The third-order valence-corrected chi connectivity index (χ3v) is 29.9. The number of hydrogen-bond acceptors (Lipinski definition) is 17. The van der Waals surface area contributed by atoms with E-state index in [1.807, 2.05) is 167 Å². The number of aromatic hydroxyl groups is 6. The number of phenolic OH excluding ortho intramolecular Hbond substituents is 6. The van der Waals surface area contributed by atoms with Gasteiger partial charge in [0, 0.05) is 267 Å². The Balaban J connectivity index is 0.000000140. The first-order chi connectivity index (χ1) is 64.8. The zero-order valence-corrected chi connectivity index (χ0v) is 90.2. The largest absolute Gasteiger partial charge is 0.507 e. The van der Waals surface area contributed by atoms with Crippen molar-refractivity contribution in [2.45, 2.75) is 272 Å². The molecule has 12 aromatic carbocycles. The van der Waals surface area contributed by atoms with Gasteiger partial charge in [-0.25, -0.2) is 0 Å². The number of aryl methyl sites for hydroxylation is 1. The minimum atomic E-state index is -0.0518. The lowest BCUT2D eigenvalue weighted by Gasteiger charge is -2.35. The Bertz CT molecular complexity index is 6420. The molecule has 0 saturated carbocycles. The van der Waals surface area contributed by atoms with E-state index < -0.39 is 0 Å². The summed E-state index contributed by atoms with van der Waals surface area (Å²) in [4.78, 5) is 14.0. The summed E-state index contributed by atoms with van der Waals surface area (Å²) in [6.45, 7) is 60.0. The number of rotatable bonds is 15. The fourth-order valence-corrected chi connectivity index (χ4v) is 22.8. The van der Waals surface area contributed by atoms with E-state index in [0.29, 0.717) is 59.7 Å². The number of fused-ring (bicyclic) bond motifs is 18. The zero-order valence-electron chi connectivity index (χ0n) is 85.7. The highest BCUT2D eigenvalue weighted by molar-refractivity contribution is 6.23. The second kappa shape index (κ2) is 41.7. The third-order valence-electron chi connectivity index (χ3n) is 27.8. The molecule has 12 aromatic rings. The molecule has 0 amide bonds. The predicted octanol–water partition coefficient (Wildman–Crippen LogP) is 29.5. The van der Waals surface area contributed by atoms with Crippen LogP contribution in [0.5, 0.6) is 57.5 Å². The molecule has 6 aliphatic rings. The van der Waals surface area contributed by atoms with Crippen LogP contribution >= 0.6 is 69.6 Å². The highest BCUT2D eigenvalue weighted by Crippen LogP contribution is 2.58. The molecule has 18 rings (SSSR count). The van der Waals surface area contributed by atoms with Gasteiger partial charge in [0.2, 0.25) is 0 Å². The third kappa shape index (κ3) is 20.9. The highest BCUT2D eigenvalue weighted by atomic mass is 35.5. The molecular formula is C115H146Cl6N6O11. The van der Waals surface area contributed by atoms with Gasteiger partial charge in [0.25, 0.3) is 0 Å². The average Bonchev–Trinajstić information content (AvgIpc) is 1.59. The van der Waals surface area contributed by atoms with Gasteiger partial charge < -0.3 is 84.1 Å². The number of nitrogens with zero attached hydrogens (tertiary/aromatic N) is 6. The zero-order chi connectivity index (χ0) is 101. The van der Waals surface area contributed by atoms with Crippen molar-refractivity contribution in [1.29, 1.82) is 0 Å². The van der Waals surface area contributed by atoms with Crippen LogP contribution in [-0.2, 0) is 6.61 Å². The van der Waals surface area contributed by atoms with Crippen molar-refractivity contribution in [3.63, 3.8) is 0 Å². The molecule has 7 N–H and O–H groups in total. The molecule has 0 spiro atoms. The molecule has 0 saturated heterocycles. The molecule has 0 radical (unpaired) electrons. The van der Waals surface area contributed by atoms with Crippen molar-refractivity contribution in [2.24, 2.45) is 0 Å². The SMILES string of the molecule is CC(C)(C)N1C[C@@H](CCl)c2c1cc(O)c1cccc(CO)c21.CC(C)Oc1cccc2c(O)cc3c(c12)[C@H](CCl)CN3C(C)(C)C.CCCOc1cccc2c(O)cc3c(c12)[C@H](CCl)CN3C(C)(C)C.CCOc1cccc2c(O)cc3c(c12)[C@H](CCl)CN3C(C)(C)C.COc1cccc2c(O)cc3c(c12)[C@H]([C@@H](C)Cl)CN3C(C)(C)C.Cc1cccc2c(O)cc3c(c12)[C@H]([C@@H](C)Cl)CN3C(C)(C)C. The number of alkyl halides is 6. The van der Waals surface area contributed by atoms with Crippen molar-refractivity contribution >= 4 is 168 Å². The summed E-state index contributed by atoms with van der Waals surface area (Å²) >= 11 is 38.2. The van der Waals surface area contributed by atoms with Gasteiger partial charge in [-0.3, -0.25) is 0 Å². The Morgan fingerprint density at radius 1 is 0.341 bits per heavy atom. The Hall–Kier alpha value is -9.30. The molecule has 0 fully saturated rings. The molecule has 0 unspecified atom stereocenters. The first kappa shape index (κ1) is 106. The minimum absolute atomic E-state index is 0.00115. The summed E-state index contributed by atoms with van der Waals surface area (Å²) in [5.74, 6) is 8.61. The fraction of sp³-hybridized carbons (Fsp3) is 0.478. The summed E-state index contributed by atoms with van der Waals surface area (Å²) in [7, 11) is 1.67. The molecule has 23 heteroatoms. The first-order valence-corrected chi connectivity index (χ1v) is 51.8. The summed E-state index contributed by atoms with van der Waals surface area (Å²) < 4.78 is 23.5. The number of aliphatic hydroxyl groups is 1. The molecule has 6 heterocycles. The number of benzene rings is 12. The summed E-state index contributed by atoms with van der Waals surface area (Å²) in [6, 6.07) is 46.4. The van der Waals surface area contributed by atoms with E-state index in [1.54, 1.807) is 7.11 Å². The Morgan fingerprint density at radius 2 is 0.601 bits per heavy atom. The van der Waals surface area contributed by atoms with Gasteiger partial charge in [-0.2, -0.15) is 0 Å². The Morgan fingerprint density at radius 3 is 0.899 bits per heavy atom. The van der Waals surface area contributed by atoms with Gasteiger partial charge in [0.1, 0.15) is 57.5 Å². The van der Waals surface area contributed by atoms with Crippen molar-refractivity contribution in [3.05, 3.63) is 190 Å². The van der Waals surface area contributed by atoms with E-state index >= 15 is 0 Å². The van der Waals surface area contributed by atoms with Gasteiger partial charge in [0.05, 0.1) is 33.0 Å². The molecule has 744 valence electrons. The number of ether oxygens (including phenoxy) is 4. The topological polar surface area (TPSA) is 198 Å². The second-order valence-corrected chi connectivity index (χ2v) is 46.6. The lowest BCUT2D eigenvalue weighted by Crippen LogP contribution is -2.41. The predicted molar refractivity (Wildman–Crippen MR) is 586 cm³/mol. The highest BCUT2D eigenvalue weighted by Gasteiger charge is 2.46. The van der Waals surface area contributed by atoms with Crippen LogP contribution in [0.2, 0.25) is 0 Å². The standard InChI is InChI=1S/2C20H26ClNO2.2C19H24ClNO2.C19H24ClNO.C18H22ClNO2/c1-12(2)24-17-8-6-7-14-16(23)9-15-18(19(14)17)13(10-21)11-22(15)20(3,4)5;1-5-9-24-17-8-6-7-14-16(23)10-15-18(19(14)17)13(11-21)12-22(15)20(2,3)4;1-11(20)13-10-21(19(2,3)4)14-9-15(22)12-7-6-8-16(23-5)18(12)17(13)14;1-5-23-16-8-6-7-13-15(22)9-14-17(18(13)16)12(10-20)11-21(14)19(2,3)4;1-11-7-6-8-13-16(22)9-15-18(17(11)13)14(12(2)20)10-21(15)19(3,4)5;1-18(2,3)20-9-12(8-19)17-14(20)7-15(22)13-6-4-5-11(10-21)16(13)17/h6-9,12-13,23H,10-11H2,1-5H3;6-8,10,13,23H,5,9,11-12H2,1-4H3;6-9,11,13,22H,10H2,1-5H3;6-9,12,22H,5,10-11H2,1-4H3;6-9,12,14,22H,10H2,1-5H3;4-7,12,21-22H,8-10H2,1-3H3/t2*13-;11-,13+;12-;12-,14+;12-/m111111/s1. The van der Waals surface area contributed by atoms with Gasteiger partial charge >= 0.3 is 0 Å². The van der Waals surface area contributed by atoms with Crippen LogP contribution < -0.4 is 48.3 Å². The number of anilines is 6. The van der Waals surface area contributed by atoms with Crippen LogP contribution in [-0.4, -0.2) is 169 Å². The molecule has 8 atom stereocenters. The van der Waals surface area contributed by atoms with Crippen molar-refractivity contribution in [2.75, 3.05) is 113 Å². The van der Waals surface area contributed by atoms with E-state index in [0.717, 1.165) is 173 Å². The monoisotopic (exact) mass is 2000 g/mol. The Labute approximate surface area is 848 Å². The normalized spacial score (nSPS) is 18.2. The summed E-state index contributed by atoms with van der Waals surface area (Å²) in [5, 5.41) is 84.2. The maximum Gasteiger partial charge on any atom is 0.128 e. The maximum atomic E-state index is 10.6. The molecule has 0 aliphatic carbocycles. The lowest BCUT2D eigenvalue weighted by molar-refractivity contribution is 0.245. The smallest absolute Gasteiger partial charge is 0.128 e. The van der Waals surface area contributed by atoms with Crippen LogP contribution in [0.4, 0.5) is 34.1 Å². The van der Waals surface area contributed by atoms with Gasteiger partial charge in [0.15, 0.2) is 0 Å². The maximum absolute atomic E-state index is 10.6. The van der Waals surface area contributed by atoms with Crippen molar-refractivity contribution in [3.8, 4) is 57.5 Å². The number of aliphatic hydroxyl groups excluding tert-OH is 1. The van der Waals surface area contributed by atoms with Crippen molar-refractivity contribution < 1.29 is 54.7 Å². The molecule has 0 aromatic heterocycles. The molecule has 0 bridgehead atoms. The number of methoxy groups -OCH3 is 1. The number of halogens is 6. The molecule has 17 nitrogen and oxygen atoms in total. The quantitative estimate of drug-likeness (QED) is 0.0478. The second-order valence-electron chi connectivity index (χ2n) is 44.0. The van der Waals surface area contributed by atoms with Crippen LogP contribution in [0.25, 0.3) is 64.6 Å². The average molecular weight is 2000 g/mol. The van der Waals surface area contributed by atoms with Crippen LogP contribution in [0.15, 0.2) is 146 Å². The first-order valence-electron chi connectivity index (χ1n) is 48.8. The minimum Gasteiger partial charge on any atom is -0.507 e. The molecular weight excluding hydrogens is 1850 g/mol. The number of phenols is 6. The van der Waals surface area contributed by atoms with Gasteiger partial charge in [-0.1, -0.05) is 91.9 Å². The fourth-order valence-electron chi connectivity index (χ4n) is 21.4. The Kier molecular flexibility index (Phi) is 32.0. The molecule has 6 aliphatic heterocycles. The van der Waals surface area contributed by atoms with E-state index in [2.05, 4.69) is 181 Å². The van der Waals surface area contributed by atoms with E-state index in [4.69, 9.17) is 88.6 Å². The number of hydrogen-bond donors (Lipinski definition) is 7. The van der Waals surface area contributed by atoms with E-state index in [9.17, 15) is 35.7 Å². The van der Waals surface area contributed by atoms with Gasteiger partial charge in [-0.15, -0.1) is 69.6 Å².